The Kier molecular flexibility index (Phi) is 2.84. The van der Waals surface area contributed by atoms with Crippen LogP contribution in [0.1, 0.15) is 37.3 Å². The molecule has 78 valence electrons. The summed E-state index contributed by atoms with van der Waals surface area (Å²) in [4.78, 5) is 0. The highest BCUT2D eigenvalue weighted by atomic mass is 15.3. The van der Waals surface area contributed by atoms with Crippen LogP contribution in [0.15, 0.2) is 12.4 Å². The molecule has 0 saturated heterocycles. The summed E-state index contributed by atoms with van der Waals surface area (Å²) in [5, 5.41) is 4.15. The predicted octanol–water partition coefficient (Wildman–Crippen LogP) is 1.11. The van der Waals surface area contributed by atoms with Crippen molar-refractivity contribution < 1.29 is 0 Å². The third-order valence-electron chi connectivity index (χ3n) is 2.89. The number of rotatable bonds is 5. The van der Waals surface area contributed by atoms with E-state index in [0.717, 1.165) is 12.3 Å². The van der Waals surface area contributed by atoms with Crippen LogP contribution in [0.4, 0.5) is 0 Å². The van der Waals surface area contributed by atoms with E-state index < -0.39 is 0 Å². The summed E-state index contributed by atoms with van der Waals surface area (Å²) in [6, 6.07) is 0.268. The van der Waals surface area contributed by atoms with Crippen LogP contribution >= 0.6 is 0 Å². The van der Waals surface area contributed by atoms with Crippen molar-refractivity contribution in [3.05, 3.63) is 18.0 Å². The summed E-state index contributed by atoms with van der Waals surface area (Å²) in [6.07, 6.45) is 9.13. The largest absolute Gasteiger partial charge is 0.275 e. The number of nitrogens with two attached hydrogens (primary N) is 1. The molecule has 0 spiro atoms. The highest BCUT2D eigenvalue weighted by Crippen LogP contribution is 2.35. The fourth-order valence-electron chi connectivity index (χ4n) is 1.78. The third-order valence-corrected chi connectivity index (χ3v) is 2.89. The number of nitrogens with one attached hydrogen (secondary N) is 1. The van der Waals surface area contributed by atoms with Crippen molar-refractivity contribution in [2.75, 3.05) is 0 Å². The summed E-state index contributed by atoms with van der Waals surface area (Å²) in [5.41, 5.74) is 4.05. The summed E-state index contributed by atoms with van der Waals surface area (Å²) in [5.74, 6) is 6.49. The molecule has 4 nitrogen and oxygen atoms in total. The number of aryl methyl sites for hydroxylation is 1. The second-order valence-corrected chi connectivity index (χ2v) is 4.19. The topological polar surface area (TPSA) is 55.9 Å². The van der Waals surface area contributed by atoms with Gasteiger partial charge in [0.25, 0.3) is 0 Å². The van der Waals surface area contributed by atoms with Crippen LogP contribution in [0.5, 0.6) is 0 Å². The molecule has 1 aromatic rings. The number of nitrogens with zero attached hydrogens (tertiary/aromatic N) is 2. The second kappa shape index (κ2) is 4.11. The lowest BCUT2D eigenvalue weighted by Gasteiger charge is -2.13. The number of hydrazine groups is 1. The minimum atomic E-state index is 0.268. The Hall–Kier alpha value is -0.870. The zero-order valence-electron chi connectivity index (χ0n) is 8.61. The average Bonchev–Trinajstić information content (AvgIpc) is 2.90. The molecule has 1 atom stereocenters. The molecule has 1 aromatic heterocycles. The minimum Gasteiger partial charge on any atom is -0.275 e. The Morgan fingerprint density at radius 3 is 3.00 bits per heavy atom. The fraction of sp³-hybridized carbons (Fsp3) is 0.700. The Balaban J connectivity index is 1.90. The van der Waals surface area contributed by atoms with Crippen molar-refractivity contribution >= 4 is 0 Å². The van der Waals surface area contributed by atoms with Crippen LogP contribution < -0.4 is 11.3 Å². The fourth-order valence-corrected chi connectivity index (χ4v) is 1.78. The van der Waals surface area contributed by atoms with Crippen LogP contribution in [0.3, 0.4) is 0 Å². The van der Waals surface area contributed by atoms with Crippen molar-refractivity contribution in [1.29, 1.82) is 0 Å². The van der Waals surface area contributed by atoms with Crippen molar-refractivity contribution in [3.8, 4) is 0 Å². The van der Waals surface area contributed by atoms with Gasteiger partial charge in [-0.25, -0.2) is 0 Å². The molecule has 0 aromatic carbocycles. The molecule has 1 aliphatic rings. The molecule has 1 heterocycles. The Labute approximate surface area is 84.4 Å². The number of aromatic nitrogens is 2. The van der Waals surface area contributed by atoms with Gasteiger partial charge in [0.2, 0.25) is 0 Å². The van der Waals surface area contributed by atoms with E-state index >= 15 is 0 Å². The van der Waals surface area contributed by atoms with E-state index in [2.05, 4.69) is 10.5 Å². The third kappa shape index (κ3) is 2.33. The lowest BCUT2D eigenvalue weighted by Crippen LogP contribution is -2.27. The molecule has 14 heavy (non-hydrogen) atoms. The molecule has 0 radical (unpaired) electrons. The first-order valence-corrected chi connectivity index (χ1v) is 5.24. The average molecular weight is 194 g/mol. The van der Waals surface area contributed by atoms with Gasteiger partial charge in [0.15, 0.2) is 0 Å². The van der Waals surface area contributed by atoms with E-state index in [0.29, 0.717) is 0 Å². The maximum Gasteiger partial charge on any atom is 0.0538 e. The van der Waals surface area contributed by atoms with Crippen LogP contribution in [-0.4, -0.2) is 9.78 Å². The smallest absolute Gasteiger partial charge is 0.0538 e. The SMILES string of the molecule is Cn1cc(C(CCC2CC2)NN)cn1. The van der Waals surface area contributed by atoms with Gasteiger partial charge in [-0.2, -0.15) is 5.10 Å². The molecule has 3 N–H and O–H groups in total. The van der Waals surface area contributed by atoms with Gasteiger partial charge in [-0.1, -0.05) is 12.8 Å². The summed E-state index contributed by atoms with van der Waals surface area (Å²) in [7, 11) is 1.93. The van der Waals surface area contributed by atoms with Crippen molar-refractivity contribution in [2.24, 2.45) is 18.8 Å². The molecular weight excluding hydrogens is 176 g/mol. The van der Waals surface area contributed by atoms with E-state index in [1.807, 2.05) is 24.1 Å². The van der Waals surface area contributed by atoms with Crippen LogP contribution in [0.2, 0.25) is 0 Å². The van der Waals surface area contributed by atoms with Crippen molar-refractivity contribution in [3.63, 3.8) is 0 Å². The zero-order chi connectivity index (χ0) is 9.97. The van der Waals surface area contributed by atoms with Crippen LogP contribution in [0.25, 0.3) is 0 Å². The number of hydrogen-bond donors (Lipinski definition) is 2. The van der Waals surface area contributed by atoms with E-state index in [1.54, 1.807) is 0 Å². The molecule has 0 amide bonds. The summed E-state index contributed by atoms with van der Waals surface area (Å²) >= 11 is 0. The zero-order valence-corrected chi connectivity index (χ0v) is 8.61. The van der Waals surface area contributed by atoms with Gasteiger partial charge in [-0.05, 0) is 18.8 Å². The maximum absolute atomic E-state index is 5.53. The van der Waals surface area contributed by atoms with Gasteiger partial charge < -0.3 is 0 Å². The minimum absolute atomic E-state index is 0.268. The molecule has 1 saturated carbocycles. The van der Waals surface area contributed by atoms with Gasteiger partial charge in [0, 0.05) is 24.8 Å². The quantitative estimate of drug-likeness (QED) is 0.545. The van der Waals surface area contributed by atoms with Crippen molar-refractivity contribution in [2.45, 2.75) is 31.7 Å². The van der Waals surface area contributed by atoms with Gasteiger partial charge in [0.1, 0.15) is 0 Å². The standard InChI is InChI=1S/C10H18N4/c1-14-7-9(6-12-14)10(13-11)5-4-8-2-3-8/h6-8,10,13H,2-5,11H2,1H3. The lowest BCUT2D eigenvalue weighted by atomic mass is 10.0. The first-order chi connectivity index (χ1) is 6.79. The first kappa shape index (κ1) is 9.68. The van der Waals surface area contributed by atoms with Crippen LogP contribution in [0, 0.1) is 5.92 Å². The highest BCUT2D eigenvalue weighted by molar-refractivity contribution is 5.09. The molecule has 1 fully saturated rings. The Bertz CT molecular complexity index is 290. The Morgan fingerprint density at radius 2 is 2.50 bits per heavy atom. The molecule has 0 bridgehead atoms. The second-order valence-electron chi connectivity index (χ2n) is 4.19. The highest BCUT2D eigenvalue weighted by Gasteiger charge is 2.23. The Morgan fingerprint density at radius 1 is 1.71 bits per heavy atom. The molecule has 4 heteroatoms. The predicted molar refractivity (Wildman–Crippen MR) is 55.2 cm³/mol. The van der Waals surface area contributed by atoms with E-state index in [4.69, 9.17) is 5.84 Å². The summed E-state index contributed by atoms with van der Waals surface area (Å²) < 4.78 is 1.82. The molecular formula is C10H18N4. The first-order valence-electron chi connectivity index (χ1n) is 5.24. The van der Waals surface area contributed by atoms with E-state index in [9.17, 15) is 0 Å². The van der Waals surface area contributed by atoms with Gasteiger partial charge in [-0.15, -0.1) is 0 Å². The van der Waals surface area contributed by atoms with E-state index in [1.165, 1.54) is 24.8 Å². The normalized spacial score (nSPS) is 18.4. The van der Waals surface area contributed by atoms with Crippen LogP contribution in [-0.2, 0) is 7.05 Å². The van der Waals surface area contributed by atoms with Gasteiger partial charge >= 0.3 is 0 Å². The molecule has 1 unspecified atom stereocenters. The maximum atomic E-state index is 5.53. The molecule has 0 aliphatic heterocycles. The van der Waals surface area contributed by atoms with Crippen molar-refractivity contribution in [1.82, 2.24) is 15.2 Å². The van der Waals surface area contributed by atoms with Gasteiger partial charge in [-0.3, -0.25) is 16.0 Å². The number of hydrogen-bond acceptors (Lipinski definition) is 3. The monoisotopic (exact) mass is 194 g/mol. The summed E-state index contributed by atoms with van der Waals surface area (Å²) in [6.45, 7) is 0. The lowest BCUT2D eigenvalue weighted by molar-refractivity contribution is 0.481. The molecule has 1 aliphatic carbocycles. The molecule has 2 rings (SSSR count). The van der Waals surface area contributed by atoms with Gasteiger partial charge in [0.05, 0.1) is 6.20 Å². The van der Waals surface area contributed by atoms with E-state index in [-0.39, 0.29) is 6.04 Å².